The van der Waals surface area contributed by atoms with E-state index in [9.17, 15) is 4.79 Å². The van der Waals surface area contributed by atoms with Gasteiger partial charge in [0, 0.05) is 43.3 Å². The van der Waals surface area contributed by atoms with Crippen LogP contribution in [-0.2, 0) is 6.54 Å². The molecule has 2 aliphatic rings. The molecule has 1 amide bonds. The predicted octanol–water partition coefficient (Wildman–Crippen LogP) is 2.74. The molecule has 0 radical (unpaired) electrons. The molecule has 0 spiro atoms. The predicted molar refractivity (Wildman–Crippen MR) is 117 cm³/mol. The summed E-state index contributed by atoms with van der Waals surface area (Å²) in [4.78, 5) is 30.4. The molecule has 31 heavy (non-hydrogen) atoms. The quantitative estimate of drug-likeness (QED) is 0.659. The second kappa shape index (κ2) is 8.85. The van der Waals surface area contributed by atoms with Gasteiger partial charge >= 0.3 is 0 Å². The second-order valence-electron chi connectivity index (χ2n) is 8.14. The molecule has 0 saturated carbocycles. The lowest BCUT2D eigenvalue weighted by Gasteiger charge is -2.17. The van der Waals surface area contributed by atoms with E-state index in [2.05, 4.69) is 30.1 Å². The van der Waals surface area contributed by atoms with Crippen LogP contribution in [0.1, 0.15) is 35.6 Å². The number of likely N-dealkylation sites (tertiary alicyclic amines) is 1. The van der Waals surface area contributed by atoms with Crippen molar-refractivity contribution in [2.45, 2.75) is 31.8 Å². The first-order chi connectivity index (χ1) is 15.2. The molecule has 2 aliphatic heterocycles. The van der Waals surface area contributed by atoms with Crippen molar-refractivity contribution < 1.29 is 9.21 Å². The van der Waals surface area contributed by atoms with E-state index in [0.29, 0.717) is 18.3 Å². The zero-order chi connectivity index (χ0) is 21.0. The van der Waals surface area contributed by atoms with Crippen molar-refractivity contribution in [3.8, 4) is 11.3 Å². The van der Waals surface area contributed by atoms with Crippen LogP contribution in [0.2, 0.25) is 0 Å². The highest BCUT2D eigenvalue weighted by molar-refractivity contribution is 5.91. The molecule has 3 aromatic rings. The van der Waals surface area contributed by atoms with Crippen LogP contribution in [0.15, 0.2) is 53.3 Å². The Morgan fingerprint density at radius 1 is 1.13 bits per heavy atom. The summed E-state index contributed by atoms with van der Waals surface area (Å²) < 4.78 is 5.80. The first-order valence-corrected chi connectivity index (χ1v) is 10.8. The molecular formula is C23H26N6O2. The van der Waals surface area contributed by atoms with E-state index in [-0.39, 0.29) is 11.9 Å². The Kier molecular flexibility index (Phi) is 5.62. The van der Waals surface area contributed by atoms with E-state index in [1.54, 1.807) is 24.7 Å². The van der Waals surface area contributed by atoms with Gasteiger partial charge in [0.25, 0.3) is 5.91 Å². The van der Waals surface area contributed by atoms with Gasteiger partial charge < -0.3 is 14.6 Å². The highest BCUT2D eigenvalue weighted by atomic mass is 16.4. The van der Waals surface area contributed by atoms with E-state index in [4.69, 9.17) is 4.42 Å². The van der Waals surface area contributed by atoms with Gasteiger partial charge in [-0.05, 0) is 62.7 Å². The zero-order valence-corrected chi connectivity index (χ0v) is 17.4. The summed E-state index contributed by atoms with van der Waals surface area (Å²) >= 11 is 0. The Balaban J connectivity index is 1.18. The van der Waals surface area contributed by atoms with Crippen LogP contribution in [0.4, 0.5) is 5.95 Å². The molecule has 5 rings (SSSR count). The second-order valence-corrected chi connectivity index (χ2v) is 8.14. The van der Waals surface area contributed by atoms with E-state index in [1.807, 2.05) is 24.3 Å². The minimum Gasteiger partial charge on any atom is -0.455 e. The van der Waals surface area contributed by atoms with Gasteiger partial charge in [0.05, 0.1) is 12.2 Å². The SMILES string of the molecule is O=C(NC1CCN(c2nccc(-c3cccnc3)n2)C1)c1ccc(CN2CCCC2)o1. The molecule has 2 fully saturated rings. The fraction of sp³-hybridized carbons (Fsp3) is 0.391. The number of carbonyl (C=O) groups is 1. The summed E-state index contributed by atoms with van der Waals surface area (Å²) in [5, 5.41) is 3.09. The monoisotopic (exact) mass is 418 g/mol. The number of nitrogens with one attached hydrogen (secondary N) is 1. The van der Waals surface area contributed by atoms with Crippen LogP contribution in [0.5, 0.6) is 0 Å². The number of amides is 1. The molecule has 0 bridgehead atoms. The van der Waals surface area contributed by atoms with Crippen LogP contribution in [0.3, 0.4) is 0 Å². The smallest absolute Gasteiger partial charge is 0.287 e. The number of nitrogens with zero attached hydrogens (tertiary/aromatic N) is 5. The lowest BCUT2D eigenvalue weighted by molar-refractivity contribution is 0.0909. The molecule has 1 unspecified atom stereocenters. The summed E-state index contributed by atoms with van der Waals surface area (Å²) in [6.45, 7) is 4.44. The molecule has 3 aromatic heterocycles. The Morgan fingerprint density at radius 3 is 2.87 bits per heavy atom. The van der Waals surface area contributed by atoms with Crippen molar-refractivity contribution in [3.63, 3.8) is 0 Å². The van der Waals surface area contributed by atoms with Gasteiger partial charge in [-0.2, -0.15) is 0 Å². The molecular weight excluding hydrogens is 392 g/mol. The topological polar surface area (TPSA) is 87.4 Å². The van der Waals surface area contributed by atoms with Crippen LogP contribution in [-0.4, -0.2) is 58.0 Å². The van der Waals surface area contributed by atoms with Gasteiger partial charge in [0.1, 0.15) is 5.76 Å². The van der Waals surface area contributed by atoms with Gasteiger partial charge in [-0.15, -0.1) is 0 Å². The number of carbonyl (C=O) groups excluding carboxylic acids is 1. The van der Waals surface area contributed by atoms with Gasteiger partial charge in [-0.25, -0.2) is 9.97 Å². The average molecular weight is 419 g/mol. The fourth-order valence-corrected chi connectivity index (χ4v) is 4.24. The van der Waals surface area contributed by atoms with E-state index < -0.39 is 0 Å². The van der Waals surface area contributed by atoms with Crippen molar-refractivity contribution in [2.24, 2.45) is 0 Å². The van der Waals surface area contributed by atoms with Crippen molar-refractivity contribution in [2.75, 3.05) is 31.1 Å². The van der Waals surface area contributed by atoms with Crippen molar-refractivity contribution in [1.82, 2.24) is 25.2 Å². The maximum atomic E-state index is 12.7. The summed E-state index contributed by atoms with van der Waals surface area (Å²) in [5.41, 5.74) is 1.80. The first-order valence-electron chi connectivity index (χ1n) is 10.8. The normalized spacial score (nSPS) is 19.1. The van der Waals surface area contributed by atoms with E-state index >= 15 is 0 Å². The van der Waals surface area contributed by atoms with Crippen LogP contribution >= 0.6 is 0 Å². The molecule has 8 heteroatoms. The maximum absolute atomic E-state index is 12.7. The molecule has 1 N–H and O–H groups in total. The molecule has 0 aromatic carbocycles. The van der Waals surface area contributed by atoms with Crippen LogP contribution in [0, 0.1) is 0 Å². The third-order valence-electron chi connectivity index (χ3n) is 5.87. The highest BCUT2D eigenvalue weighted by Crippen LogP contribution is 2.21. The van der Waals surface area contributed by atoms with Gasteiger partial charge in [0.15, 0.2) is 5.76 Å². The largest absolute Gasteiger partial charge is 0.455 e. The summed E-state index contributed by atoms with van der Waals surface area (Å²) in [6.07, 6.45) is 8.62. The summed E-state index contributed by atoms with van der Waals surface area (Å²) in [7, 11) is 0. The van der Waals surface area contributed by atoms with E-state index in [0.717, 1.165) is 49.6 Å². The fourth-order valence-electron chi connectivity index (χ4n) is 4.24. The minimum atomic E-state index is -0.162. The number of aromatic nitrogens is 3. The molecule has 160 valence electrons. The van der Waals surface area contributed by atoms with Crippen LogP contribution in [0.25, 0.3) is 11.3 Å². The molecule has 2 saturated heterocycles. The Hall–Kier alpha value is -3.26. The molecule has 0 aliphatic carbocycles. The molecule has 1 atom stereocenters. The number of anilines is 1. The van der Waals surface area contributed by atoms with E-state index in [1.165, 1.54) is 12.8 Å². The van der Waals surface area contributed by atoms with Gasteiger partial charge in [0.2, 0.25) is 5.95 Å². The van der Waals surface area contributed by atoms with Crippen molar-refractivity contribution in [1.29, 1.82) is 0 Å². The third kappa shape index (κ3) is 4.59. The number of hydrogen-bond donors (Lipinski definition) is 1. The lowest BCUT2D eigenvalue weighted by Crippen LogP contribution is -2.37. The Bertz CT molecular complexity index is 1030. The lowest BCUT2D eigenvalue weighted by atomic mass is 10.2. The van der Waals surface area contributed by atoms with Crippen LogP contribution < -0.4 is 10.2 Å². The third-order valence-corrected chi connectivity index (χ3v) is 5.87. The van der Waals surface area contributed by atoms with Crippen molar-refractivity contribution in [3.05, 3.63) is 60.4 Å². The minimum absolute atomic E-state index is 0.0327. The molecule has 5 heterocycles. The number of rotatable bonds is 6. The number of pyridine rings is 1. The number of hydrogen-bond acceptors (Lipinski definition) is 7. The highest BCUT2D eigenvalue weighted by Gasteiger charge is 2.27. The first kappa shape index (κ1) is 19.7. The Labute approximate surface area is 181 Å². The summed E-state index contributed by atoms with van der Waals surface area (Å²) in [5.74, 6) is 1.73. The standard InChI is InChI=1S/C23H26N6O2/c30-22(21-6-5-19(31-21)16-28-11-1-2-12-28)26-18-8-13-29(15-18)23-25-10-7-20(27-23)17-4-3-9-24-14-17/h3-7,9-10,14,18H,1-2,8,11-13,15-16H2,(H,26,30). The number of furan rings is 1. The maximum Gasteiger partial charge on any atom is 0.287 e. The zero-order valence-electron chi connectivity index (χ0n) is 17.4. The van der Waals surface area contributed by atoms with Gasteiger partial charge in [-0.3, -0.25) is 14.7 Å². The Morgan fingerprint density at radius 2 is 2.03 bits per heavy atom. The van der Waals surface area contributed by atoms with Gasteiger partial charge in [-0.1, -0.05) is 0 Å². The van der Waals surface area contributed by atoms with Crippen molar-refractivity contribution >= 4 is 11.9 Å². The average Bonchev–Trinajstić information content (AvgIpc) is 3.57. The summed E-state index contributed by atoms with van der Waals surface area (Å²) in [6, 6.07) is 9.47. The molecule has 8 nitrogen and oxygen atoms in total.